The Morgan fingerprint density at radius 1 is 1.23 bits per heavy atom. The first kappa shape index (κ1) is 28.2. The second-order valence-electron chi connectivity index (χ2n) is 9.49. The van der Waals surface area contributed by atoms with Crippen LogP contribution in [0.3, 0.4) is 0 Å². The Bertz CT molecular complexity index is 1330. The molecule has 0 spiro atoms. The van der Waals surface area contributed by atoms with Gasteiger partial charge in [0.25, 0.3) is 0 Å². The van der Waals surface area contributed by atoms with Crippen LogP contribution >= 0.6 is 11.8 Å². The fourth-order valence-electron chi connectivity index (χ4n) is 4.56. The molecule has 2 unspecified atom stereocenters. The predicted molar refractivity (Wildman–Crippen MR) is 156 cm³/mol. The summed E-state index contributed by atoms with van der Waals surface area (Å²) in [6.45, 7) is 9.10. The molecule has 1 amide bonds. The summed E-state index contributed by atoms with van der Waals surface area (Å²) in [7, 11) is 2.12. The summed E-state index contributed by atoms with van der Waals surface area (Å²) in [5, 5.41) is 3.19. The van der Waals surface area contributed by atoms with Gasteiger partial charge < -0.3 is 19.7 Å². The number of rotatable bonds is 9. The number of benzene rings is 2. The molecule has 0 aliphatic carbocycles. The summed E-state index contributed by atoms with van der Waals surface area (Å²) in [5.41, 5.74) is 6.22. The van der Waals surface area contributed by atoms with Gasteiger partial charge in [0.15, 0.2) is 17.8 Å². The van der Waals surface area contributed by atoms with E-state index in [9.17, 15) is 9.59 Å². The minimum absolute atomic E-state index is 0.00281. The van der Waals surface area contributed by atoms with Gasteiger partial charge in [0.05, 0.1) is 18.3 Å². The van der Waals surface area contributed by atoms with E-state index in [1.165, 1.54) is 16.8 Å². The third kappa shape index (κ3) is 7.17. The Labute approximate surface area is 233 Å². The normalized spacial score (nSPS) is 14.5. The molecule has 0 radical (unpaired) electrons. The number of hydrogen-bond acceptors (Lipinski definition) is 8. The quantitative estimate of drug-likeness (QED) is 0.234. The molecule has 39 heavy (non-hydrogen) atoms. The predicted octanol–water partition coefficient (Wildman–Crippen LogP) is 4.79. The minimum Gasteiger partial charge on any atom is -0.454 e. The van der Waals surface area contributed by atoms with Crippen LogP contribution in [0.1, 0.15) is 45.7 Å². The Kier molecular flexibility index (Phi) is 9.59. The molecule has 3 aromatic rings. The molecular weight excluding hydrogens is 512 g/mol. The number of ether oxygens (including phenoxy) is 2. The van der Waals surface area contributed by atoms with E-state index < -0.39 is 0 Å². The van der Waals surface area contributed by atoms with Gasteiger partial charge in [-0.1, -0.05) is 31.2 Å². The average Bonchev–Trinajstić information content (AvgIpc) is 3.55. The van der Waals surface area contributed by atoms with Crippen LogP contribution in [0.15, 0.2) is 59.7 Å². The van der Waals surface area contributed by atoms with Crippen LogP contribution in [-0.4, -0.2) is 55.4 Å². The van der Waals surface area contributed by atoms with Gasteiger partial charge >= 0.3 is 0 Å². The Morgan fingerprint density at radius 3 is 2.79 bits per heavy atom. The molecule has 2 aromatic carbocycles. The largest absolute Gasteiger partial charge is 0.454 e. The number of nitrogens with one attached hydrogen (secondary N) is 1. The van der Waals surface area contributed by atoms with Crippen molar-refractivity contribution in [1.29, 1.82) is 0 Å². The van der Waals surface area contributed by atoms with Gasteiger partial charge in [0.2, 0.25) is 12.7 Å². The van der Waals surface area contributed by atoms with Gasteiger partial charge in [-0.2, -0.15) is 0 Å². The first-order valence-electron chi connectivity index (χ1n) is 12.8. The molecule has 2 atom stereocenters. The number of aliphatic imine (C=N–C) groups is 1. The molecule has 2 aliphatic heterocycles. The molecule has 0 fully saturated rings. The van der Waals surface area contributed by atoms with Gasteiger partial charge in [-0.3, -0.25) is 19.6 Å². The number of aldehydes is 1. The fraction of sp³-hybridized carbons (Fsp3) is 0.333. The highest BCUT2D eigenvalue weighted by atomic mass is 32.2. The number of likely N-dealkylation sites (N-methyl/N-ethyl adjacent to an activating group) is 1. The van der Waals surface area contributed by atoms with Crippen LogP contribution in [0.25, 0.3) is 0 Å². The maximum Gasteiger partial charge on any atom is 0.231 e. The highest BCUT2D eigenvalue weighted by Gasteiger charge is 2.22. The third-order valence-corrected chi connectivity index (χ3v) is 7.89. The highest BCUT2D eigenvalue weighted by molar-refractivity contribution is 7.99. The van der Waals surface area contributed by atoms with E-state index in [0.29, 0.717) is 23.7 Å². The zero-order valence-electron chi connectivity index (χ0n) is 22.6. The lowest BCUT2D eigenvalue weighted by Crippen LogP contribution is -2.26. The highest BCUT2D eigenvalue weighted by Crippen LogP contribution is 2.35. The number of nitrogens with zero attached hydrogens (tertiary/aromatic N) is 3. The zero-order chi connectivity index (χ0) is 27.8. The van der Waals surface area contributed by atoms with Crippen molar-refractivity contribution < 1.29 is 19.1 Å². The standard InChI is InChI=1S/C23H27N3O3S.C7H7NO/c1-15(23(24-2)18-5-6-19-17(12-18)8-9-26(19)3)30-13-25-22(27)11-16-4-7-20-21(10-16)29-14-28-20;1-6-3-2-4-8-7(6)5-9/h4-7,10,12,15,23H,2,8-9,11,13-14H2,1,3H3,(H,25,27);2-5H,1H3. The van der Waals surface area contributed by atoms with Crippen molar-refractivity contribution in [2.75, 3.05) is 31.2 Å². The van der Waals surface area contributed by atoms with E-state index >= 15 is 0 Å². The Hall–Kier alpha value is -3.85. The van der Waals surface area contributed by atoms with Gasteiger partial charge in [0.1, 0.15) is 5.69 Å². The molecule has 8 nitrogen and oxygen atoms in total. The molecule has 0 bridgehead atoms. The maximum atomic E-state index is 12.3. The van der Waals surface area contributed by atoms with Crippen molar-refractivity contribution in [2.24, 2.45) is 4.99 Å². The molecular formula is C30H34N4O4S. The number of carbonyl (C=O) groups excluding carboxylic acids is 2. The van der Waals surface area contributed by atoms with Crippen LogP contribution in [-0.2, 0) is 17.6 Å². The summed E-state index contributed by atoms with van der Waals surface area (Å²) in [4.78, 5) is 33.0. The summed E-state index contributed by atoms with van der Waals surface area (Å²) in [6.07, 6.45) is 3.75. The number of fused-ring (bicyclic) bond motifs is 2. The summed E-state index contributed by atoms with van der Waals surface area (Å²) < 4.78 is 10.7. The minimum atomic E-state index is -0.0164. The van der Waals surface area contributed by atoms with Crippen LogP contribution in [0.2, 0.25) is 0 Å². The molecule has 204 valence electrons. The molecule has 1 aromatic heterocycles. The number of aromatic nitrogens is 1. The lowest BCUT2D eigenvalue weighted by Gasteiger charge is -2.21. The fourth-order valence-corrected chi connectivity index (χ4v) is 5.49. The second kappa shape index (κ2) is 13.3. The first-order chi connectivity index (χ1) is 18.9. The molecule has 3 heterocycles. The van der Waals surface area contributed by atoms with Crippen LogP contribution in [0.4, 0.5) is 5.69 Å². The third-order valence-electron chi connectivity index (χ3n) is 6.79. The van der Waals surface area contributed by atoms with E-state index in [0.717, 1.165) is 36.1 Å². The lowest BCUT2D eigenvalue weighted by molar-refractivity contribution is -0.120. The first-order valence-corrected chi connectivity index (χ1v) is 13.9. The number of aryl methyl sites for hydroxylation is 1. The van der Waals surface area contributed by atoms with E-state index in [4.69, 9.17) is 9.47 Å². The van der Waals surface area contributed by atoms with Crippen LogP contribution < -0.4 is 19.7 Å². The molecule has 5 rings (SSSR count). The Morgan fingerprint density at radius 2 is 2.05 bits per heavy atom. The van der Waals surface area contributed by atoms with Crippen molar-refractivity contribution in [3.63, 3.8) is 0 Å². The average molecular weight is 547 g/mol. The summed E-state index contributed by atoms with van der Waals surface area (Å²) in [6, 6.07) is 15.8. The van der Waals surface area contributed by atoms with E-state index in [2.05, 4.69) is 59.1 Å². The van der Waals surface area contributed by atoms with Crippen molar-refractivity contribution in [3.05, 3.63) is 82.7 Å². The van der Waals surface area contributed by atoms with E-state index in [-0.39, 0.29) is 24.0 Å². The van der Waals surface area contributed by atoms with Crippen LogP contribution in [0.5, 0.6) is 11.5 Å². The summed E-state index contributed by atoms with van der Waals surface area (Å²) >= 11 is 1.68. The number of pyridine rings is 1. The van der Waals surface area contributed by atoms with Crippen LogP contribution in [0, 0.1) is 6.92 Å². The maximum absolute atomic E-state index is 12.3. The Balaban J connectivity index is 0.000000333. The molecule has 9 heteroatoms. The lowest BCUT2D eigenvalue weighted by atomic mass is 10.0. The summed E-state index contributed by atoms with van der Waals surface area (Å²) in [5.74, 6) is 1.94. The smallest absolute Gasteiger partial charge is 0.231 e. The number of hydrogen-bond donors (Lipinski definition) is 1. The zero-order valence-corrected chi connectivity index (χ0v) is 23.4. The van der Waals surface area contributed by atoms with Crippen molar-refractivity contribution >= 4 is 36.4 Å². The second-order valence-corrected chi connectivity index (χ2v) is 10.9. The monoisotopic (exact) mass is 546 g/mol. The van der Waals surface area contributed by atoms with Gasteiger partial charge in [-0.25, -0.2) is 0 Å². The molecule has 0 saturated carbocycles. The van der Waals surface area contributed by atoms with E-state index in [1.54, 1.807) is 18.0 Å². The SMILES string of the molecule is C=NC(c1ccc2c(c1)CCN2C)C(C)SCNC(=O)Cc1ccc2c(c1)OCO2.Cc1cccnc1C=O. The number of thioether (sulfide) groups is 1. The molecule has 2 aliphatic rings. The molecule has 0 saturated heterocycles. The molecule has 1 N–H and O–H groups in total. The van der Waals surface area contributed by atoms with Gasteiger partial charge in [-0.05, 0) is 66.6 Å². The van der Waals surface area contributed by atoms with Gasteiger partial charge in [0, 0.05) is 30.7 Å². The number of anilines is 1. The van der Waals surface area contributed by atoms with E-state index in [1.807, 2.05) is 37.3 Å². The topological polar surface area (TPSA) is 93.1 Å². The van der Waals surface area contributed by atoms with Crippen molar-refractivity contribution in [3.8, 4) is 11.5 Å². The number of amides is 1. The van der Waals surface area contributed by atoms with Gasteiger partial charge in [-0.15, -0.1) is 11.8 Å². The van der Waals surface area contributed by atoms with Crippen molar-refractivity contribution in [1.82, 2.24) is 10.3 Å². The number of carbonyl (C=O) groups is 2. The van der Waals surface area contributed by atoms with Crippen molar-refractivity contribution in [2.45, 2.75) is 38.0 Å².